The van der Waals surface area contributed by atoms with Crippen LogP contribution in [0.25, 0.3) is 0 Å². The monoisotopic (exact) mass is 392 g/mol. The second kappa shape index (κ2) is 9.59. The van der Waals surface area contributed by atoms with Gasteiger partial charge in [0, 0.05) is 31.5 Å². The van der Waals surface area contributed by atoms with Gasteiger partial charge in [0.05, 0.1) is 14.2 Å². The second-order valence-electron chi connectivity index (χ2n) is 6.50. The van der Waals surface area contributed by atoms with Crippen LogP contribution in [0.5, 0.6) is 17.2 Å². The fraction of sp³-hybridized carbons (Fsp3) is 0.217. The lowest BCUT2D eigenvalue weighted by molar-refractivity contribution is 0.0784. The Morgan fingerprint density at radius 1 is 0.931 bits per heavy atom. The van der Waals surface area contributed by atoms with E-state index < -0.39 is 0 Å². The zero-order valence-corrected chi connectivity index (χ0v) is 16.8. The van der Waals surface area contributed by atoms with Gasteiger partial charge in [-0.25, -0.2) is 0 Å². The summed E-state index contributed by atoms with van der Waals surface area (Å²) in [5.74, 6) is 1.21. The van der Waals surface area contributed by atoms with E-state index in [1.165, 1.54) is 0 Å². The molecule has 0 aliphatic rings. The van der Waals surface area contributed by atoms with Crippen molar-refractivity contribution in [2.45, 2.75) is 13.2 Å². The Hall–Kier alpha value is -3.54. The molecular weight excluding hydrogens is 368 g/mol. The summed E-state index contributed by atoms with van der Waals surface area (Å²) < 4.78 is 16.9. The average Bonchev–Trinajstić information content (AvgIpc) is 2.77. The maximum absolute atomic E-state index is 12.9. The Labute approximate surface area is 170 Å². The van der Waals surface area contributed by atoms with Crippen LogP contribution >= 0.6 is 0 Å². The number of benzene rings is 2. The van der Waals surface area contributed by atoms with E-state index in [1.54, 1.807) is 50.7 Å². The smallest absolute Gasteiger partial charge is 0.254 e. The first-order valence-electron chi connectivity index (χ1n) is 9.19. The third-order valence-electron chi connectivity index (χ3n) is 4.45. The fourth-order valence-electron chi connectivity index (χ4n) is 2.93. The Morgan fingerprint density at radius 2 is 1.55 bits per heavy atom. The van der Waals surface area contributed by atoms with Gasteiger partial charge in [0.25, 0.3) is 5.91 Å². The maximum atomic E-state index is 12.9. The van der Waals surface area contributed by atoms with Gasteiger partial charge < -0.3 is 19.1 Å². The molecule has 0 spiro atoms. The standard InChI is InChI=1S/C23H24N2O4/c1-25(15-17-9-11-24-12-10-17)23(26)19-13-20(27-2)22(21(14-19)28-3)29-16-18-7-5-4-6-8-18/h4-14H,15-16H2,1-3H3. The highest BCUT2D eigenvalue weighted by molar-refractivity contribution is 5.95. The van der Waals surface area contributed by atoms with Crippen LogP contribution in [0.1, 0.15) is 21.5 Å². The number of carbonyl (C=O) groups excluding carboxylic acids is 1. The number of carbonyl (C=O) groups is 1. The molecule has 0 fully saturated rings. The highest BCUT2D eigenvalue weighted by Crippen LogP contribution is 2.39. The summed E-state index contributed by atoms with van der Waals surface area (Å²) in [6.45, 7) is 0.834. The number of hydrogen-bond donors (Lipinski definition) is 0. The lowest BCUT2D eigenvalue weighted by Crippen LogP contribution is -2.26. The molecule has 0 bridgehead atoms. The van der Waals surface area contributed by atoms with Gasteiger partial charge in [-0.15, -0.1) is 0 Å². The van der Waals surface area contributed by atoms with E-state index >= 15 is 0 Å². The molecule has 1 amide bonds. The van der Waals surface area contributed by atoms with E-state index in [4.69, 9.17) is 14.2 Å². The molecule has 0 aliphatic heterocycles. The molecule has 0 radical (unpaired) electrons. The molecule has 3 rings (SSSR count). The largest absolute Gasteiger partial charge is 0.493 e. The minimum Gasteiger partial charge on any atom is -0.493 e. The Bertz CT molecular complexity index is 921. The fourth-order valence-corrected chi connectivity index (χ4v) is 2.93. The molecule has 1 aromatic heterocycles. The first kappa shape index (κ1) is 20.2. The molecule has 0 saturated carbocycles. The van der Waals surface area contributed by atoms with Crippen LogP contribution in [-0.2, 0) is 13.2 Å². The first-order chi connectivity index (χ1) is 14.1. The minimum atomic E-state index is -0.145. The lowest BCUT2D eigenvalue weighted by atomic mass is 10.1. The third kappa shape index (κ3) is 5.04. The van der Waals surface area contributed by atoms with Crippen LogP contribution in [-0.4, -0.2) is 37.1 Å². The molecule has 1 heterocycles. The van der Waals surface area contributed by atoms with Crippen molar-refractivity contribution in [1.82, 2.24) is 9.88 Å². The number of amides is 1. The van der Waals surface area contributed by atoms with Crippen molar-refractivity contribution < 1.29 is 19.0 Å². The summed E-state index contributed by atoms with van der Waals surface area (Å²) in [7, 11) is 4.83. The summed E-state index contributed by atoms with van der Waals surface area (Å²) in [6, 6.07) is 16.9. The SMILES string of the molecule is COc1cc(C(=O)N(C)Cc2ccncc2)cc(OC)c1OCc1ccccc1. The molecule has 6 heteroatoms. The summed E-state index contributed by atoms with van der Waals surface area (Å²) in [5, 5.41) is 0. The highest BCUT2D eigenvalue weighted by Gasteiger charge is 2.20. The van der Waals surface area contributed by atoms with Gasteiger partial charge >= 0.3 is 0 Å². The number of hydrogen-bond acceptors (Lipinski definition) is 5. The van der Waals surface area contributed by atoms with E-state index in [-0.39, 0.29) is 5.91 Å². The second-order valence-corrected chi connectivity index (χ2v) is 6.50. The lowest BCUT2D eigenvalue weighted by Gasteiger charge is -2.20. The topological polar surface area (TPSA) is 60.9 Å². The van der Waals surface area contributed by atoms with E-state index in [9.17, 15) is 4.79 Å². The van der Waals surface area contributed by atoms with Crippen LogP contribution < -0.4 is 14.2 Å². The summed E-state index contributed by atoms with van der Waals surface area (Å²) in [5.41, 5.74) is 2.48. The average molecular weight is 392 g/mol. The first-order valence-corrected chi connectivity index (χ1v) is 9.19. The van der Waals surface area contributed by atoms with Gasteiger partial charge in [-0.1, -0.05) is 30.3 Å². The number of ether oxygens (including phenoxy) is 3. The maximum Gasteiger partial charge on any atom is 0.254 e. The molecule has 3 aromatic rings. The van der Waals surface area contributed by atoms with Crippen LogP contribution in [0.3, 0.4) is 0 Å². The van der Waals surface area contributed by atoms with E-state index in [1.807, 2.05) is 42.5 Å². The van der Waals surface area contributed by atoms with Crippen LogP contribution in [0.4, 0.5) is 0 Å². The number of rotatable bonds is 8. The number of nitrogens with zero attached hydrogens (tertiary/aromatic N) is 2. The predicted molar refractivity (Wildman–Crippen MR) is 110 cm³/mol. The van der Waals surface area contributed by atoms with Gasteiger partial charge in [0.2, 0.25) is 5.75 Å². The molecule has 2 aromatic carbocycles. The van der Waals surface area contributed by atoms with Gasteiger partial charge in [-0.2, -0.15) is 0 Å². The summed E-state index contributed by atoms with van der Waals surface area (Å²) in [4.78, 5) is 18.6. The van der Waals surface area contributed by atoms with Crippen molar-refractivity contribution in [2.75, 3.05) is 21.3 Å². The Balaban J connectivity index is 1.81. The van der Waals surface area contributed by atoms with Crippen molar-refractivity contribution >= 4 is 5.91 Å². The minimum absolute atomic E-state index is 0.145. The van der Waals surface area contributed by atoms with Gasteiger partial charge in [0.1, 0.15) is 6.61 Å². The van der Waals surface area contributed by atoms with Gasteiger partial charge in [-0.05, 0) is 35.4 Å². The molecule has 0 unspecified atom stereocenters. The summed E-state index contributed by atoms with van der Waals surface area (Å²) >= 11 is 0. The number of methoxy groups -OCH3 is 2. The molecule has 150 valence electrons. The van der Waals surface area contributed by atoms with Crippen molar-refractivity contribution in [3.8, 4) is 17.2 Å². The van der Waals surface area contributed by atoms with Crippen LogP contribution in [0.15, 0.2) is 67.0 Å². The van der Waals surface area contributed by atoms with Crippen molar-refractivity contribution in [2.24, 2.45) is 0 Å². The zero-order chi connectivity index (χ0) is 20.6. The molecule has 0 saturated heterocycles. The Kier molecular flexibility index (Phi) is 6.68. The molecular formula is C23H24N2O4. The van der Waals surface area contributed by atoms with Crippen LogP contribution in [0, 0.1) is 0 Å². The van der Waals surface area contributed by atoms with E-state index in [2.05, 4.69) is 4.98 Å². The van der Waals surface area contributed by atoms with Gasteiger partial charge in [-0.3, -0.25) is 9.78 Å². The van der Waals surface area contributed by atoms with Crippen molar-refractivity contribution in [3.05, 3.63) is 83.7 Å². The van der Waals surface area contributed by atoms with Crippen molar-refractivity contribution in [1.29, 1.82) is 0 Å². The van der Waals surface area contributed by atoms with E-state index in [0.29, 0.717) is 36.0 Å². The summed E-state index contributed by atoms with van der Waals surface area (Å²) in [6.07, 6.45) is 3.41. The highest BCUT2D eigenvalue weighted by atomic mass is 16.5. The van der Waals surface area contributed by atoms with Crippen LogP contribution in [0.2, 0.25) is 0 Å². The van der Waals surface area contributed by atoms with E-state index in [0.717, 1.165) is 11.1 Å². The normalized spacial score (nSPS) is 10.3. The quantitative estimate of drug-likeness (QED) is 0.581. The number of aromatic nitrogens is 1. The molecule has 6 nitrogen and oxygen atoms in total. The molecule has 0 N–H and O–H groups in total. The van der Waals surface area contributed by atoms with Crippen molar-refractivity contribution in [3.63, 3.8) is 0 Å². The molecule has 0 aliphatic carbocycles. The molecule has 29 heavy (non-hydrogen) atoms. The van der Waals surface area contributed by atoms with Gasteiger partial charge in [0.15, 0.2) is 11.5 Å². The predicted octanol–water partition coefficient (Wildman–Crippen LogP) is 3.95. The Morgan fingerprint density at radius 3 is 2.14 bits per heavy atom. The third-order valence-corrected chi connectivity index (χ3v) is 4.45. The number of pyridine rings is 1. The molecule has 0 atom stereocenters. The zero-order valence-electron chi connectivity index (χ0n) is 16.8.